The maximum Gasteiger partial charge on any atom is 0.271 e. The minimum absolute atomic E-state index is 0.128. The van der Waals surface area contributed by atoms with E-state index in [2.05, 4.69) is 10.3 Å². The predicted molar refractivity (Wildman–Crippen MR) is 68.7 cm³/mol. The van der Waals surface area contributed by atoms with Gasteiger partial charge in [-0.3, -0.25) is 4.79 Å². The van der Waals surface area contributed by atoms with E-state index < -0.39 is 0 Å². The molecule has 1 atom stereocenters. The molecular formula is C12H11N3O2S. The van der Waals surface area contributed by atoms with Crippen LogP contribution in [0.1, 0.15) is 22.1 Å². The number of rotatable bonds is 2. The Hall–Kier alpha value is -2.08. The van der Waals surface area contributed by atoms with Crippen LogP contribution in [0.3, 0.4) is 0 Å². The second-order valence-corrected chi connectivity index (χ2v) is 4.84. The lowest BCUT2D eigenvalue weighted by atomic mass is 10.1. The van der Waals surface area contributed by atoms with Crippen LogP contribution in [-0.2, 0) is 0 Å². The monoisotopic (exact) mass is 261 g/mol. The lowest BCUT2D eigenvalue weighted by Gasteiger charge is -2.10. The molecule has 2 aromatic rings. The van der Waals surface area contributed by atoms with Crippen LogP contribution in [0.25, 0.3) is 0 Å². The summed E-state index contributed by atoms with van der Waals surface area (Å²) in [4.78, 5) is 15.9. The number of hydrogen-bond donors (Lipinski definition) is 2. The highest BCUT2D eigenvalue weighted by molar-refractivity contribution is 7.13. The topological polar surface area (TPSA) is 77.2 Å². The molecule has 1 aromatic carbocycles. The van der Waals surface area contributed by atoms with E-state index in [9.17, 15) is 4.79 Å². The van der Waals surface area contributed by atoms with Gasteiger partial charge in [-0.15, -0.1) is 11.3 Å². The summed E-state index contributed by atoms with van der Waals surface area (Å²) < 4.78 is 5.50. The maximum atomic E-state index is 11.9. The Bertz CT molecular complexity index is 597. The van der Waals surface area contributed by atoms with E-state index in [1.54, 1.807) is 5.38 Å². The zero-order valence-corrected chi connectivity index (χ0v) is 10.2. The first-order chi connectivity index (χ1) is 8.74. The highest BCUT2D eigenvalue weighted by Crippen LogP contribution is 2.31. The fourth-order valence-electron chi connectivity index (χ4n) is 1.91. The largest absolute Gasteiger partial charge is 0.491 e. The fourth-order valence-corrected chi connectivity index (χ4v) is 2.45. The van der Waals surface area contributed by atoms with Crippen molar-refractivity contribution in [2.75, 3.05) is 12.3 Å². The van der Waals surface area contributed by atoms with Crippen LogP contribution in [0.4, 0.5) is 5.13 Å². The van der Waals surface area contributed by atoms with Crippen LogP contribution in [0.5, 0.6) is 5.75 Å². The molecule has 0 fully saturated rings. The molecule has 0 bridgehead atoms. The lowest BCUT2D eigenvalue weighted by Crippen LogP contribution is -2.29. The maximum absolute atomic E-state index is 11.9. The quantitative estimate of drug-likeness (QED) is 0.860. The highest BCUT2D eigenvalue weighted by atomic mass is 32.1. The summed E-state index contributed by atoms with van der Waals surface area (Å²) in [6.07, 6.45) is 0. The SMILES string of the molecule is Nc1nc(C(=O)NC2COc3ccccc32)cs1. The molecule has 0 spiro atoms. The summed E-state index contributed by atoms with van der Waals surface area (Å²) in [5.74, 6) is 0.592. The predicted octanol–water partition coefficient (Wildman–Crippen LogP) is 1.59. The van der Waals surface area contributed by atoms with Crippen molar-refractivity contribution < 1.29 is 9.53 Å². The number of thiazole rings is 1. The molecule has 1 unspecified atom stereocenters. The second-order valence-electron chi connectivity index (χ2n) is 3.95. The number of nitrogens with two attached hydrogens (primary N) is 1. The first kappa shape index (κ1) is 11.0. The number of fused-ring (bicyclic) bond motifs is 1. The molecule has 0 saturated heterocycles. The van der Waals surface area contributed by atoms with E-state index in [1.165, 1.54) is 11.3 Å². The summed E-state index contributed by atoms with van der Waals surface area (Å²) in [7, 11) is 0. The van der Waals surface area contributed by atoms with Crippen LogP contribution >= 0.6 is 11.3 Å². The minimum atomic E-state index is -0.228. The number of nitrogens with zero attached hydrogens (tertiary/aromatic N) is 1. The molecule has 3 N–H and O–H groups in total. The number of nitrogens with one attached hydrogen (secondary N) is 1. The number of benzene rings is 1. The molecule has 2 heterocycles. The molecule has 0 radical (unpaired) electrons. The molecule has 1 aliphatic heterocycles. The Morgan fingerprint density at radius 3 is 3.11 bits per heavy atom. The summed E-state index contributed by atoms with van der Waals surface area (Å²) in [5.41, 5.74) is 6.85. The van der Waals surface area contributed by atoms with Gasteiger partial charge in [0.1, 0.15) is 18.1 Å². The molecular weight excluding hydrogens is 250 g/mol. The Morgan fingerprint density at radius 2 is 2.33 bits per heavy atom. The number of nitrogen functional groups attached to an aromatic ring is 1. The van der Waals surface area contributed by atoms with E-state index in [0.717, 1.165) is 11.3 Å². The van der Waals surface area contributed by atoms with Gasteiger partial charge in [0.25, 0.3) is 5.91 Å². The van der Waals surface area contributed by atoms with Crippen LogP contribution in [0.15, 0.2) is 29.6 Å². The first-order valence-electron chi connectivity index (χ1n) is 5.47. The average Bonchev–Trinajstić information content (AvgIpc) is 2.97. The van der Waals surface area contributed by atoms with Gasteiger partial charge >= 0.3 is 0 Å². The number of carbonyl (C=O) groups is 1. The van der Waals surface area contributed by atoms with E-state index in [4.69, 9.17) is 10.5 Å². The third-order valence-corrected chi connectivity index (χ3v) is 3.43. The van der Waals surface area contributed by atoms with Crippen molar-refractivity contribution in [3.8, 4) is 5.75 Å². The average molecular weight is 261 g/mol. The molecule has 92 valence electrons. The summed E-state index contributed by atoms with van der Waals surface area (Å²) in [5, 5.41) is 4.93. The van der Waals surface area contributed by atoms with E-state index in [0.29, 0.717) is 17.4 Å². The third-order valence-electron chi connectivity index (χ3n) is 2.76. The molecule has 5 nitrogen and oxygen atoms in total. The number of aromatic nitrogens is 1. The van der Waals surface area contributed by atoms with Crippen molar-refractivity contribution >= 4 is 22.4 Å². The molecule has 1 amide bonds. The van der Waals surface area contributed by atoms with Crippen molar-refractivity contribution in [1.82, 2.24) is 10.3 Å². The number of carbonyl (C=O) groups excluding carboxylic acids is 1. The third kappa shape index (κ3) is 1.91. The van der Waals surface area contributed by atoms with Gasteiger partial charge in [-0.05, 0) is 6.07 Å². The van der Waals surface area contributed by atoms with Crippen molar-refractivity contribution in [3.63, 3.8) is 0 Å². The van der Waals surface area contributed by atoms with Gasteiger partial charge in [0.2, 0.25) is 0 Å². The number of amides is 1. The molecule has 1 aromatic heterocycles. The zero-order chi connectivity index (χ0) is 12.5. The fraction of sp³-hybridized carbons (Fsp3) is 0.167. The highest BCUT2D eigenvalue weighted by Gasteiger charge is 2.25. The van der Waals surface area contributed by atoms with Gasteiger partial charge in [0.15, 0.2) is 5.13 Å². The Morgan fingerprint density at radius 1 is 1.50 bits per heavy atom. The minimum Gasteiger partial charge on any atom is -0.491 e. The van der Waals surface area contributed by atoms with E-state index in [-0.39, 0.29) is 11.9 Å². The smallest absolute Gasteiger partial charge is 0.271 e. The number of para-hydroxylation sites is 1. The standard InChI is InChI=1S/C12H11N3O2S/c13-12-15-9(6-18-12)11(16)14-8-5-17-10-4-2-1-3-7(8)10/h1-4,6,8H,5H2,(H2,13,15)(H,14,16). The van der Waals surface area contributed by atoms with Gasteiger partial charge in [-0.25, -0.2) is 4.98 Å². The Kier molecular flexibility index (Phi) is 2.64. The first-order valence-corrected chi connectivity index (χ1v) is 6.35. The van der Waals surface area contributed by atoms with Crippen LogP contribution < -0.4 is 15.8 Å². The van der Waals surface area contributed by atoms with Gasteiger partial charge in [-0.2, -0.15) is 0 Å². The number of hydrogen-bond acceptors (Lipinski definition) is 5. The van der Waals surface area contributed by atoms with Gasteiger partial charge in [-0.1, -0.05) is 18.2 Å². The van der Waals surface area contributed by atoms with Gasteiger partial charge < -0.3 is 15.8 Å². The summed E-state index contributed by atoms with van der Waals surface area (Å²) in [6.45, 7) is 0.449. The normalized spacial score (nSPS) is 17.0. The lowest BCUT2D eigenvalue weighted by molar-refractivity contribution is 0.0926. The summed E-state index contributed by atoms with van der Waals surface area (Å²) in [6, 6.07) is 7.54. The Labute approximate surface area is 108 Å². The van der Waals surface area contributed by atoms with E-state index >= 15 is 0 Å². The number of anilines is 1. The van der Waals surface area contributed by atoms with Crippen LogP contribution in [0, 0.1) is 0 Å². The van der Waals surface area contributed by atoms with Crippen molar-refractivity contribution in [1.29, 1.82) is 0 Å². The zero-order valence-electron chi connectivity index (χ0n) is 9.42. The molecule has 0 aliphatic carbocycles. The van der Waals surface area contributed by atoms with Gasteiger partial charge in [0, 0.05) is 10.9 Å². The van der Waals surface area contributed by atoms with Crippen molar-refractivity contribution in [2.24, 2.45) is 0 Å². The summed E-state index contributed by atoms with van der Waals surface area (Å²) >= 11 is 1.25. The molecule has 6 heteroatoms. The molecule has 18 heavy (non-hydrogen) atoms. The van der Waals surface area contributed by atoms with Crippen LogP contribution in [0.2, 0.25) is 0 Å². The van der Waals surface area contributed by atoms with Crippen molar-refractivity contribution in [2.45, 2.75) is 6.04 Å². The number of ether oxygens (including phenoxy) is 1. The van der Waals surface area contributed by atoms with E-state index in [1.807, 2.05) is 24.3 Å². The molecule has 3 rings (SSSR count). The molecule has 1 aliphatic rings. The van der Waals surface area contributed by atoms with Crippen molar-refractivity contribution in [3.05, 3.63) is 40.9 Å². The second kappa shape index (κ2) is 4.30. The van der Waals surface area contributed by atoms with Gasteiger partial charge in [0.05, 0.1) is 6.04 Å². The Balaban J connectivity index is 1.77. The van der Waals surface area contributed by atoms with Crippen LogP contribution in [-0.4, -0.2) is 17.5 Å². The molecule has 0 saturated carbocycles.